The lowest BCUT2D eigenvalue weighted by Crippen LogP contribution is -2.29. The molecule has 4 rings (SSSR count). The van der Waals surface area contributed by atoms with E-state index in [0.717, 1.165) is 22.5 Å². The molecule has 1 aromatic heterocycles. The number of hydrazone groups is 1. The molecular formula is C21H15N2O4S-. The number of nitrogens with zero attached hydrogens (tertiary/aromatic N) is 1. The maximum atomic E-state index is 13.0. The first-order valence-corrected chi connectivity index (χ1v) is 9.37. The van der Waals surface area contributed by atoms with Crippen LogP contribution in [0.4, 0.5) is 0 Å². The van der Waals surface area contributed by atoms with Crippen LogP contribution in [0.1, 0.15) is 38.5 Å². The Morgan fingerprint density at radius 2 is 1.54 bits per heavy atom. The molecular weight excluding hydrogens is 376 g/mol. The van der Waals surface area contributed by atoms with E-state index in [4.69, 9.17) is 4.74 Å². The lowest BCUT2D eigenvalue weighted by molar-refractivity contribution is -0.254. The fraction of sp³-hybridized carbons (Fsp3) is 0.0952. The Kier molecular flexibility index (Phi) is 4.67. The first kappa shape index (κ1) is 17.9. The number of carboxylic acid groups (broad SMARTS) is 1. The fourth-order valence-corrected chi connectivity index (χ4v) is 3.88. The first-order valence-electron chi connectivity index (χ1n) is 8.56. The van der Waals surface area contributed by atoms with Gasteiger partial charge in [-0.1, -0.05) is 36.4 Å². The average molecular weight is 391 g/mol. The number of rotatable bonds is 4. The summed E-state index contributed by atoms with van der Waals surface area (Å²) in [7, 11) is 0. The lowest BCUT2D eigenvalue weighted by atomic mass is 9.87. The molecule has 0 radical (unpaired) electrons. The van der Waals surface area contributed by atoms with Crippen molar-refractivity contribution in [3.63, 3.8) is 0 Å². The van der Waals surface area contributed by atoms with Gasteiger partial charge in [-0.2, -0.15) is 5.10 Å². The molecule has 140 valence electrons. The second-order valence-electron chi connectivity index (χ2n) is 6.24. The largest absolute Gasteiger partial charge is 0.544 e. The van der Waals surface area contributed by atoms with Crippen molar-refractivity contribution in [3.8, 4) is 11.5 Å². The number of carbonyl (C=O) groups excluding carboxylic acids is 2. The molecule has 0 saturated carbocycles. The molecule has 2 heterocycles. The van der Waals surface area contributed by atoms with E-state index in [1.54, 1.807) is 13.0 Å². The highest BCUT2D eigenvalue weighted by atomic mass is 32.1. The Balaban J connectivity index is 1.62. The summed E-state index contributed by atoms with van der Waals surface area (Å²) in [6.45, 7) is 1.71. The molecule has 1 amide bonds. The van der Waals surface area contributed by atoms with Crippen molar-refractivity contribution in [2.24, 2.45) is 5.10 Å². The standard InChI is InChI=1S/C21H16N2O4S/c1-12(17-10-11-18(28-17)21(25)26)22-23-20(24)19-13-6-2-4-8-15(13)27-16-9-5-3-7-14(16)19/h2-11,19H,1H3,(H,23,24)(H,25,26)/p-1/b22-12-. The van der Waals surface area contributed by atoms with Crippen molar-refractivity contribution < 1.29 is 19.4 Å². The Morgan fingerprint density at radius 1 is 0.964 bits per heavy atom. The van der Waals surface area contributed by atoms with Gasteiger partial charge in [0.2, 0.25) is 0 Å². The van der Waals surface area contributed by atoms with Crippen molar-refractivity contribution in [2.75, 3.05) is 0 Å². The van der Waals surface area contributed by atoms with E-state index in [1.807, 2.05) is 48.5 Å². The number of para-hydroxylation sites is 2. The predicted molar refractivity (Wildman–Crippen MR) is 104 cm³/mol. The number of aromatic carboxylic acids is 1. The predicted octanol–water partition coefficient (Wildman–Crippen LogP) is 2.89. The molecule has 0 atom stereocenters. The summed E-state index contributed by atoms with van der Waals surface area (Å²) in [5.74, 6) is -0.805. The number of carbonyl (C=O) groups is 2. The molecule has 0 spiro atoms. The van der Waals surface area contributed by atoms with Gasteiger partial charge in [0.15, 0.2) is 0 Å². The van der Waals surface area contributed by atoms with Crippen LogP contribution in [0.25, 0.3) is 0 Å². The summed E-state index contributed by atoms with van der Waals surface area (Å²) in [5.41, 5.74) is 4.65. The van der Waals surface area contributed by atoms with Gasteiger partial charge in [-0.05, 0) is 31.2 Å². The maximum absolute atomic E-state index is 13.0. The molecule has 7 heteroatoms. The number of nitrogens with one attached hydrogen (secondary N) is 1. The van der Waals surface area contributed by atoms with E-state index in [0.29, 0.717) is 22.1 Å². The minimum Gasteiger partial charge on any atom is -0.544 e. The normalized spacial score (nSPS) is 13.2. The molecule has 1 N–H and O–H groups in total. The van der Waals surface area contributed by atoms with Crippen molar-refractivity contribution in [3.05, 3.63) is 81.5 Å². The number of carboxylic acids is 1. The molecule has 0 unspecified atom stereocenters. The van der Waals surface area contributed by atoms with Gasteiger partial charge in [0.1, 0.15) is 11.5 Å². The number of thiophene rings is 1. The van der Waals surface area contributed by atoms with Crippen LogP contribution in [0.3, 0.4) is 0 Å². The Labute approximate surface area is 165 Å². The summed E-state index contributed by atoms with van der Waals surface area (Å²) < 4.78 is 5.90. The molecule has 0 fully saturated rings. The summed E-state index contributed by atoms with van der Waals surface area (Å²) in [4.78, 5) is 24.7. The van der Waals surface area contributed by atoms with Crippen LogP contribution in [0.2, 0.25) is 0 Å². The van der Waals surface area contributed by atoms with Gasteiger partial charge >= 0.3 is 0 Å². The van der Waals surface area contributed by atoms with E-state index < -0.39 is 11.9 Å². The third-order valence-corrected chi connectivity index (χ3v) is 5.61. The Bertz CT molecular complexity index is 1060. The second kappa shape index (κ2) is 7.28. The van der Waals surface area contributed by atoms with E-state index >= 15 is 0 Å². The van der Waals surface area contributed by atoms with Crippen molar-refractivity contribution in [1.82, 2.24) is 5.43 Å². The molecule has 6 nitrogen and oxygen atoms in total. The minimum absolute atomic E-state index is 0.114. The zero-order valence-corrected chi connectivity index (χ0v) is 15.7. The van der Waals surface area contributed by atoms with Crippen LogP contribution >= 0.6 is 11.3 Å². The van der Waals surface area contributed by atoms with Crippen LogP contribution in [0.15, 0.2) is 65.8 Å². The van der Waals surface area contributed by atoms with Gasteiger partial charge in [-0.25, -0.2) is 5.43 Å². The smallest absolute Gasteiger partial charge is 0.252 e. The van der Waals surface area contributed by atoms with Crippen LogP contribution < -0.4 is 15.3 Å². The topological polar surface area (TPSA) is 90.8 Å². The highest BCUT2D eigenvalue weighted by molar-refractivity contribution is 7.15. The highest BCUT2D eigenvalue weighted by Gasteiger charge is 2.32. The number of hydrogen-bond donors (Lipinski definition) is 1. The van der Waals surface area contributed by atoms with Crippen molar-refractivity contribution in [2.45, 2.75) is 12.8 Å². The third-order valence-electron chi connectivity index (χ3n) is 4.44. The summed E-state index contributed by atoms with van der Waals surface area (Å²) in [6.07, 6.45) is 0. The SMILES string of the molecule is C/C(=N/NC(=O)C1c2ccccc2Oc2ccccc21)c1ccc(C(=O)[O-])s1. The van der Waals surface area contributed by atoms with Crippen molar-refractivity contribution in [1.29, 1.82) is 0 Å². The van der Waals surface area contributed by atoms with Crippen molar-refractivity contribution >= 4 is 28.9 Å². The van der Waals surface area contributed by atoms with E-state index in [9.17, 15) is 14.7 Å². The Hall–Kier alpha value is -3.45. The van der Waals surface area contributed by atoms with Gasteiger partial charge in [-0.3, -0.25) is 4.79 Å². The molecule has 28 heavy (non-hydrogen) atoms. The number of hydrogen-bond acceptors (Lipinski definition) is 6. The molecule has 0 bridgehead atoms. The molecule has 0 saturated heterocycles. The van der Waals surface area contributed by atoms with E-state index in [1.165, 1.54) is 6.07 Å². The Morgan fingerprint density at radius 3 is 2.11 bits per heavy atom. The van der Waals surface area contributed by atoms with Gasteiger partial charge in [0.05, 0.1) is 27.4 Å². The van der Waals surface area contributed by atoms with Gasteiger partial charge in [0.25, 0.3) is 5.91 Å². The summed E-state index contributed by atoms with van der Waals surface area (Å²) in [6, 6.07) is 17.9. The monoisotopic (exact) mass is 391 g/mol. The number of fused-ring (bicyclic) bond motifs is 2. The molecule has 1 aliphatic rings. The zero-order valence-electron chi connectivity index (χ0n) is 14.8. The first-order chi connectivity index (χ1) is 13.5. The molecule has 3 aromatic rings. The number of amides is 1. The maximum Gasteiger partial charge on any atom is 0.252 e. The zero-order chi connectivity index (χ0) is 19.7. The van der Waals surface area contributed by atoms with Crippen LogP contribution in [0, 0.1) is 0 Å². The van der Waals surface area contributed by atoms with Gasteiger partial charge in [-0.15, -0.1) is 11.3 Å². The van der Waals surface area contributed by atoms with Gasteiger partial charge in [0, 0.05) is 11.1 Å². The highest BCUT2D eigenvalue weighted by Crippen LogP contribution is 2.43. The molecule has 2 aromatic carbocycles. The number of benzene rings is 2. The van der Waals surface area contributed by atoms with E-state index in [2.05, 4.69) is 10.5 Å². The van der Waals surface area contributed by atoms with Crippen LogP contribution in [-0.4, -0.2) is 17.6 Å². The second-order valence-corrected chi connectivity index (χ2v) is 7.32. The molecule has 1 aliphatic heterocycles. The van der Waals surface area contributed by atoms with Crippen LogP contribution in [0.5, 0.6) is 11.5 Å². The van der Waals surface area contributed by atoms with E-state index in [-0.39, 0.29) is 10.8 Å². The quantitative estimate of drug-likeness (QED) is 0.547. The van der Waals surface area contributed by atoms with Gasteiger partial charge < -0.3 is 14.6 Å². The minimum atomic E-state index is -1.23. The van der Waals surface area contributed by atoms with Crippen LogP contribution in [-0.2, 0) is 4.79 Å². The lowest BCUT2D eigenvalue weighted by Gasteiger charge is -2.26. The average Bonchev–Trinajstić information content (AvgIpc) is 3.20. The fourth-order valence-electron chi connectivity index (χ4n) is 3.09. The number of ether oxygens (including phenoxy) is 1. The summed E-state index contributed by atoms with van der Waals surface area (Å²) in [5, 5.41) is 15.1. The third kappa shape index (κ3) is 3.27. The summed E-state index contributed by atoms with van der Waals surface area (Å²) >= 11 is 1.05. The molecule has 0 aliphatic carbocycles.